The maximum absolute atomic E-state index is 9.71. The summed E-state index contributed by atoms with van der Waals surface area (Å²) in [4.78, 5) is 11.7. The normalized spacial score (nSPS) is 10.4. The summed E-state index contributed by atoms with van der Waals surface area (Å²) in [6, 6.07) is 0.292. The predicted octanol–water partition coefficient (Wildman–Crippen LogP) is 0.191. The third-order valence-electron chi connectivity index (χ3n) is 1.45. The number of esters is 1. The van der Waals surface area contributed by atoms with Gasteiger partial charge < -0.3 is 14.7 Å². The van der Waals surface area contributed by atoms with E-state index in [2.05, 4.69) is 11.7 Å². The van der Waals surface area contributed by atoms with Crippen molar-refractivity contribution in [1.29, 1.82) is 0 Å². The Balaban J connectivity index is -0.000000166. The van der Waals surface area contributed by atoms with Crippen molar-refractivity contribution < 1.29 is 43.1 Å². The molecule has 0 aliphatic heterocycles. The van der Waals surface area contributed by atoms with E-state index in [1.807, 2.05) is 25.9 Å². The van der Waals surface area contributed by atoms with Crippen LogP contribution in [0.1, 0.15) is 13.8 Å². The summed E-state index contributed by atoms with van der Waals surface area (Å²) in [6.45, 7) is 7.34. The fraction of sp³-hybridized carbons (Fsp3) is 0.778. The molecular weight excluding hydrogens is 299 g/mol. The van der Waals surface area contributed by atoms with Gasteiger partial charge in [-0.1, -0.05) is 0 Å². The molecule has 1 atom stereocenters. The molecule has 0 saturated heterocycles. The van der Waals surface area contributed by atoms with Gasteiger partial charge in [-0.15, -0.1) is 0 Å². The zero-order valence-electron chi connectivity index (χ0n) is 10.0. The Labute approximate surface area is 108 Å². The molecule has 88 valence electrons. The van der Waals surface area contributed by atoms with Crippen LogP contribution in [0.5, 0.6) is 0 Å². The average Bonchev–Trinajstić information content (AvgIpc) is 2.20. The predicted molar refractivity (Wildman–Crippen MR) is 52.9 cm³/mol. The summed E-state index contributed by atoms with van der Waals surface area (Å²) in [7, 11) is 3.89. The van der Waals surface area contributed by atoms with Crippen molar-refractivity contribution in [3.8, 4) is 0 Å². The second-order valence-electron chi connectivity index (χ2n) is 2.80. The first kappa shape index (κ1) is 20.4. The number of hydrogen-bond acceptors (Lipinski definition) is 5. The second kappa shape index (κ2) is 16.4. The Kier molecular flexibility index (Phi) is 22.3. The number of aliphatic hydroxyl groups excluding tert-OH is 1. The molecule has 0 radical (unpaired) electrons. The zero-order chi connectivity index (χ0) is 12.9. The van der Waals surface area contributed by atoms with E-state index in [-0.39, 0.29) is 32.4 Å². The van der Waals surface area contributed by atoms with Crippen LogP contribution in [0.3, 0.4) is 0 Å². The van der Waals surface area contributed by atoms with Crippen LogP contribution < -0.4 is 0 Å². The molecule has 1 unspecified atom stereocenters. The van der Waals surface area contributed by atoms with Crippen LogP contribution >= 0.6 is 0 Å². The molecular formula is C9H20CdNO4-. The molecule has 6 heteroatoms. The Hall–Kier alpha value is -0.0179. The molecule has 0 bridgehead atoms. The number of likely N-dealkylation sites (N-methyl/N-ethyl adjacent to an activating group) is 1. The maximum atomic E-state index is 9.71. The van der Waals surface area contributed by atoms with E-state index in [4.69, 9.17) is 7.79 Å². The van der Waals surface area contributed by atoms with Crippen LogP contribution in [0.15, 0.2) is 0 Å². The quantitative estimate of drug-likeness (QED) is 0.457. The molecule has 0 heterocycles. The van der Waals surface area contributed by atoms with Crippen LogP contribution in [0.4, 0.5) is 0 Å². The van der Waals surface area contributed by atoms with Gasteiger partial charge in [0.05, 0.1) is 13.2 Å². The molecule has 1 N–H and O–H groups in total. The number of nitrogens with zero attached hydrogens (tertiary/aromatic N) is 1. The molecule has 0 saturated carbocycles. The van der Waals surface area contributed by atoms with Crippen molar-refractivity contribution in [2.24, 2.45) is 0 Å². The fourth-order valence-electron chi connectivity index (χ4n) is 0.324. The number of carbonyl (C=O) groups is 1. The minimum absolute atomic E-state index is 0.1000. The third-order valence-corrected chi connectivity index (χ3v) is 1.45. The first-order valence-electron chi connectivity index (χ1n) is 4.50. The molecule has 0 aliphatic carbocycles. The number of ether oxygens (including phenoxy) is 1. The summed E-state index contributed by atoms with van der Waals surface area (Å²) < 4.78 is 12.7. The Bertz CT molecular complexity index is 144. The third kappa shape index (κ3) is 24.9. The van der Waals surface area contributed by atoms with Gasteiger partial charge in [0.25, 0.3) is 0 Å². The molecule has 0 aromatic carbocycles. The fourth-order valence-corrected chi connectivity index (χ4v) is 0.324. The monoisotopic (exact) mass is 320 g/mol. The molecule has 0 fully saturated rings. The van der Waals surface area contributed by atoms with Gasteiger partial charge >= 0.3 is 28.5 Å². The van der Waals surface area contributed by atoms with Crippen molar-refractivity contribution >= 4 is 5.97 Å². The van der Waals surface area contributed by atoms with Gasteiger partial charge in [-0.3, -0.25) is 11.7 Å². The molecule has 0 rings (SSSR count). The van der Waals surface area contributed by atoms with Gasteiger partial charge in [0, 0.05) is 6.04 Å². The Morgan fingerprint density at radius 3 is 1.93 bits per heavy atom. The number of hydrogen-bond donors (Lipinski definition) is 1. The van der Waals surface area contributed by atoms with Gasteiger partial charge in [-0.2, -0.15) is 0 Å². The standard InChI is InChI=1S/C5H13NO.C4H7O2.Cd.O/c1-5(4-7)6(2)3;1-3-6-4(2)5;;/h5,7H,4H2,1-3H3;2-3H2,1H3;;/q;-1;;. The van der Waals surface area contributed by atoms with Crippen LogP contribution in [0, 0.1) is 6.92 Å². The van der Waals surface area contributed by atoms with Gasteiger partial charge in [-0.25, -0.2) is 0 Å². The van der Waals surface area contributed by atoms with E-state index in [1.54, 1.807) is 6.92 Å². The van der Waals surface area contributed by atoms with Crippen molar-refractivity contribution in [3.63, 3.8) is 0 Å². The number of aliphatic hydroxyl groups is 1. The topological polar surface area (TPSA) is 66.8 Å². The van der Waals surface area contributed by atoms with E-state index in [0.29, 0.717) is 12.6 Å². The van der Waals surface area contributed by atoms with Crippen molar-refractivity contribution in [2.75, 3.05) is 27.3 Å². The van der Waals surface area contributed by atoms with E-state index in [1.165, 1.54) is 0 Å². The summed E-state index contributed by atoms with van der Waals surface area (Å²) in [5.41, 5.74) is 0. The van der Waals surface area contributed by atoms with E-state index < -0.39 is 5.97 Å². The average molecular weight is 319 g/mol. The van der Waals surface area contributed by atoms with Crippen molar-refractivity contribution in [2.45, 2.75) is 19.9 Å². The molecule has 0 amide bonds. The van der Waals surface area contributed by atoms with E-state index in [9.17, 15) is 4.79 Å². The molecule has 0 aromatic rings. The van der Waals surface area contributed by atoms with Gasteiger partial charge in [0.15, 0.2) is 5.97 Å². The second-order valence-corrected chi connectivity index (χ2v) is 2.80. The van der Waals surface area contributed by atoms with Crippen molar-refractivity contribution in [1.82, 2.24) is 4.90 Å². The minimum atomic E-state index is -0.461. The Morgan fingerprint density at radius 2 is 1.93 bits per heavy atom. The SMILES string of the molecule is CC(CO)N(C)C.[CH2-]C(=O)OCC.[O]=[Cd]. The zero-order valence-corrected chi connectivity index (χ0v) is 14.1. The van der Waals surface area contributed by atoms with E-state index in [0.717, 1.165) is 0 Å². The first-order chi connectivity index (χ1) is 6.95. The van der Waals surface area contributed by atoms with Gasteiger partial charge in [-0.05, 0) is 27.9 Å². The molecule has 0 spiro atoms. The first-order valence-corrected chi connectivity index (χ1v) is 6.15. The van der Waals surface area contributed by atoms with Crippen LogP contribution in [-0.4, -0.2) is 49.3 Å². The molecule has 0 aromatic heterocycles. The van der Waals surface area contributed by atoms with Gasteiger partial charge in [0.2, 0.25) is 0 Å². The van der Waals surface area contributed by atoms with Crippen LogP contribution in [-0.2, 0) is 38.0 Å². The van der Waals surface area contributed by atoms with Crippen molar-refractivity contribution in [3.05, 3.63) is 6.92 Å². The van der Waals surface area contributed by atoms with Crippen LogP contribution in [0.25, 0.3) is 0 Å². The number of carbonyl (C=O) groups excluding carboxylic acids is 1. The summed E-state index contributed by atoms with van der Waals surface area (Å²) in [6.07, 6.45) is 0. The summed E-state index contributed by atoms with van der Waals surface area (Å²) >= 11 is -0.1000. The van der Waals surface area contributed by atoms with Gasteiger partial charge in [0.1, 0.15) is 0 Å². The Morgan fingerprint density at radius 1 is 1.53 bits per heavy atom. The van der Waals surface area contributed by atoms with E-state index >= 15 is 0 Å². The molecule has 5 nitrogen and oxygen atoms in total. The number of rotatable bonds is 3. The summed E-state index contributed by atoms with van der Waals surface area (Å²) in [5.74, 6) is -0.461. The molecule has 0 aliphatic rings. The molecule has 15 heavy (non-hydrogen) atoms. The summed E-state index contributed by atoms with van der Waals surface area (Å²) in [5, 5.41) is 8.46. The van der Waals surface area contributed by atoms with Crippen LogP contribution in [0.2, 0.25) is 0 Å².